The summed E-state index contributed by atoms with van der Waals surface area (Å²) in [6, 6.07) is 6.11. The Balaban J connectivity index is 2.26. The van der Waals surface area contributed by atoms with Gasteiger partial charge in [0.1, 0.15) is 5.54 Å². The molecule has 0 atom stereocenters. The number of aliphatic imine (C=N–C) groups is 1. The second-order valence-corrected chi connectivity index (χ2v) is 5.31. The molecule has 2 aromatic rings. The highest BCUT2D eigenvalue weighted by molar-refractivity contribution is 9.10. The van der Waals surface area contributed by atoms with E-state index >= 15 is 0 Å². The minimum atomic E-state index is -0.342. The van der Waals surface area contributed by atoms with Crippen molar-refractivity contribution in [3.05, 3.63) is 34.4 Å². The standard InChI is InChI=1S/C13H11BrN2O/c14-11-7-15-12-9(11)3-1-4-10(12)13(16-8-17)5-2-6-13/h1,3-4,7,15H,2,5-6H2. The molecule has 0 aliphatic heterocycles. The van der Waals surface area contributed by atoms with Gasteiger partial charge in [0, 0.05) is 21.6 Å². The van der Waals surface area contributed by atoms with Crippen LogP contribution in [0.4, 0.5) is 0 Å². The van der Waals surface area contributed by atoms with E-state index in [1.165, 1.54) is 0 Å². The molecular weight excluding hydrogens is 280 g/mol. The monoisotopic (exact) mass is 290 g/mol. The van der Waals surface area contributed by atoms with Crippen LogP contribution >= 0.6 is 15.9 Å². The third kappa shape index (κ3) is 1.48. The fraction of sp³-hybridized carbons (Fsp3) is 0.308. The maximum absolute atomic E-state index is 10.6. The molecule has 0 spiro atoms. The van der Waals surface area contributed by atoms with Gasteiger partial charge in [-0.2, -0.15) is 4.99 Å². The van der Waals surface area contributed by atoms with Gasteiger partial charge in [0.05, 0.1) is 5.52 Å². The van der Waals surface area contributed by atoms with Gasteiger partial charge in [0.15, 0.2) is 0 Å². The van der Waals surface area contributed by atoms with Crippen LogP contribution in [0.3, 0.4) is 0 Å². The zero-order valence-electron chi connectivity index (χ0n) is 9.16. The number of benzene rings is 1. The van der Waals surface area contributed by atoms with Crippen molar-refractivity contribution in [1.29, 1.82) is 0 Å². The number of nitrogens with zero attached hydrogens (tertiary/aromatic N) is 1. The zero-order chi connectivity index (χ0) is 11.9. The minimum Gasteiger partial charge on any atom is -0.360 e. The number of fused-ring (bicyclic) bond motifs is 1. The summed E-state index contributed by atoms with van der Waals surface area (Å²) < 4.78 is 1.04. The number of H-pyrrole nitrogens is 1. The Morgan fingerprint density at radius 2 is 2.24 bits per heavy atom. The molecule has 86 valence electrons. The van der Waals surface area contributed by atoms with Gasteiger partial charge in [-0.3, -0.25) is 0 Å². The SMILES string of the molecule is O=C=NC1(c2cccc3c(Br)c[nH]c23)CCC1. The summed E-state index contributed by atoms with van der Waals surface area (Å²) in [6.07, 6.45) is 6.62. The molecule has 3 rings (SSSR count). The Hall–Kier alpha value is -1.38. The highest BCUT2D eigenvalue weighted by Gasteiger charge is 2.40. The molecule has 0 saturated heterocycles. The van der Waals surface area contributed by atoms with Crippen LogP contribution in [-0.4, -0.2) is 11.1 Å². The van der Waals surface area contributed by atoms with Gasteiger partial charge in [0.2, 0.25) is 6.08 Å². The molecule has 17 heavy (non-hydrogen) atoms. The molecule has 1 N–H and O–H groups in total. The number of carbonyl (C=O) groups excluding carboxylic acids is 1. The van der Waals surface area contributed by atoms with Gasteiger partial charge in [-0.05, 0) is 35.2 Å². The number of aromatic amines is 1. The van der Waals surface area contributed by atoms with Crippen LogP contribution in [0.25, 0.3) is 10.9 Å². The van der Waals surface area contributed by atoms with Crippen molar-refractivity contribution >= 4 is 32.9 Å². The molecule has 1 saturated carbocycles. The first-order valence-corrected chi connectivity index (χ1v) is 6.41. The molecule has 0 bridgehead atoms. The van der Waals surface area contributed by atoms with Crippen molar-refractivity contribution in [2.24, 2.45) is 4.99 Å². The Morgan fingerprint density at radius 1 is 1.41 bits per heavy atom. The van der Waals surface area contributed by atoms with Crippen LogP contribution in [0, 0.1) is 0 Å². The molecular formula is C13H11BrN2O. The van der Waals surface area contributed by atoms with E-state index in [-0.39, 0.29) is 5.54 Å². The van der Waals surface area contributed by atoms with Crippen LogP contribution in [0.15, 0.2) is 33.9 Å². The number of hydrogen-bond donors (Lipinski definition) is 1. The molecule has 1 aromatic heterocycles. The molecule has 1 aromatic carbocycles. The molecule has 1 aliphatic rings. The van der Waals surface area contributed by atoms with Gasteiger partial charge in [-0.15, -0.1) is 0 Å². The summed E-state index contributed by atoms with van der Waals surface area (Å²) in [5, 5.41) is 1.13. The number of nitrogens with one attached hydrogen (secondary N) is 1. The number of aromatic nitrogens is 1. The van der Waals surface area contributed by atoms with Gasteiger partial charge < -0.3 is 4.98 Å². The van der Waals surface area contributed by atoms with Crippen LogP contribution in [-0.2, 0) is 10.3 Å². The summed E-state index contributed by atoms with van der Waals surface area (Å²) in [6.45, 7) is 0. The van der Waals surface area contributed by atoms with Crippen LogP contribution in [0.2, 0.25) is 0 Å². The first-order valence-electron chi connectivity index (χ1n) is 5.62. The van der Waals surface area contributed by atoms with E-state index in [0.29, 0.717) is 0 Å². The smallest absolute Gasteiger partial charge is 0.235 e. The van der Waals surface area contributed by atoms with Crippen LogP contribution < -0.4 is 0 Å². The average Bonchev–Trinajstić information content (AvgIpc) is 2.66. The van der Waals surface area contributed by atoms with E-state index in [1.807, 2.05) is 18.3 Å². The molecule has 1 fully saturated rings. The van der Waals surface area contributed by atoms with Gasteiger partial charge in [0.25, 0.3) is 0 Å². The third-order valence-corrected chi connectivity index (χ3v) is 4.26. The quantitative estimate of drug-likeness (QED) is 0.666. The molecule has 0 radical (unpaired) electrons. The highest BCUT2D eigenvalue weighted by Crippen LogP contribution is 2.47. The maximum atomic E-state index is 10.6. The van der Waals surface area contributed by atoms with Crippen LogP contribution in [0.1, 0.15) is 24.8 Å². The summed E-state index contributed by atoms with van der Waals surface area (Å²) >= 11 is 3.51. The lowest BCUT2D eigenvalue weighted by molar-refractivity contribution is 0.258. The van der Waals surface area contributed by atoms with Crippen molar-refractivity contribution in [2.45, 2.75) is 24.8 Å². The van der Waals surface area contributed by atoms with Crippen molar-refractivity contribution in [3.8, 4) is 0 Å². The van der Waals surface area contributed by atoms with Crippen molar-refractivity contribution in [2.75, 3.05) is 0 Å². The fourth-order valence-corrected chi connectivity index (χ4v) is 2.99. The second kappa shape index (κ2) is 3.83. The molecule has 1 aliphatic carbocycles. The van der Waals surface area contributed by atoms with E-state index in [9.17, 15) is 4.79 Å². The van der Waals surface area contributed by atoms with Gasteiger partial charge in [-0.1, -0.05) is 18.2 Å². The van der Waals surface area contributed by atoms with Crippen molar-refractivity contribution in [3.63, 3.8) is 0 Å². The summed E-state index contributed by atoms with van der Waals surface area (Å²) in [7, 11) is 0. The van der Waals surface area contributed by atoms with E-state index < -0.39 is 0 Å². The van der Waals surface area contributed by atoms with Gasteiger partial charge in [-0.25, -0.2) is 4.79 Å². The molecule has 3 nitrogen and oxygen atoms in total. The predicted molar refractivity (Wildman–Crippen MR) is 69.6 cm³/mol. The topological polar surface area (TPSA) is 45.2 Å². The average molecular weight is 291 g/mol. The van der Waals surface area contributed by atoms with Crippen molar-refractivity contribution in [1.82, 2.24) is 4.98 Å². The lowest BCUT2D eigenvalue weighted by Crippen LogP contribution is -2.32. The molecule has 0 unspecified atom stereocenters. The number of halogens is 1. The first-order chi connectivity index (χ1) is 8.27. The van der Waals surface area contributed by atoms with E-state index in [2.05, 4.69) is 32.0 Å². The zero-order valence-corrected chi connectivity index (χ0v) is 10.8. The number of isocyanates is 1. The first kappa shape index (κ1) is 10.8. The Labute approximate surface area is 107 Å². The van der Waals surface area contributed by atoms with E-state index in [1.54, 1.807) is 6.08 Å². The van der Waals surface area contributed by atoms with E-state index in [0.717, 1.165) is 40.2 Å². The number of para-hydroxylation sites is 1. The molecule has 1 heterocycles. The Morgan fingerprint density at radius 3 is 2.88 bits per heavy atom. The fourth-order valence-electron chi connectivity index (χ4n) is 2.55. The summed E-state index contributed by atoms with van der Waals surface area (Å²) in [4.78, 5) is 17.9. The molecule has 4 heteroatoms. The maximum Gasteiger partial charge on any atom is 0.235 e. The van der Waals surface area contributed by atoms with Gasteiger partial charge >= 0.3 is 0 Å². The number of hydrogen-bond acceptors (Lipinski definition) is 2. The normalized spacial score (nSPS) is 17.5. The molecule has 0 amide bonds. The highest BCUT2D eigenvalue weighted by atomic mass is 79.9. The summed E-state index contributed by atoms with van der Waals surface area (Å²) in [5.41, 5.74) is 1.83. The van der Waals surface area contributed by atoms with Crippen molar-refractivity contribution < 1.29 is 4.79 Å². The number of rotatable bonds is 2. The lowest BCUT2D eigenvalue weighted by atomic mass is 9.72. The Kier molecular flexibility index (Phi) is 2.42. The predicted octanol–water partition coefficient (Wildman–Crippen LogP) is 3.65. The van der Waals surface area contributed by atoms with E-state index in [4.69, 9.17) is 0 Å². The third-order valence-electron chi connectivity index (χ3n) is 3.61. The largest absolute Gasteiger partial charge is 0.360 e. The minimum absolute atomic E-state index is 0.342. The lowest BCUT2D eigenvalue weighted by Gasteiger charge is -2.37. The summed E-state index contributed by atoms with van der Waals surface area (Å²) in [5.74, 6) is 0. The Bertz CT molecular complexity index is 621. The van der Waals surface area contributed by atoms with Crippen LogP contribution in [0.5, 0.6) is 0 Å². The second-order valence-electron chi connectivity index (χ2n) is 4.45.